The first-order valence-electron chi connectivity index (χ1n) is 15.1. The fourth-order valence-corrected chi connectivity index (χ4v) is 4.68. The van der Waals surface area contributed by atoms with Gasteiger partial charge in [0.05, 0.1) is 24.2 Å². The highest BCUT2D eigenvalue weighted by molar-refractivity contribution is 5.95. The van der Waals surface area contributed by atoms with Crippen LogP contribution in [0, 0.1) is 5.92 Å². The average Bonchev–Trinajstić information content (AvgIpc) is 2.93. The number of carbonyl (C=O) groups is 3. The van der Waals surface area contributed by atoms with Crippen LogP contribution in [0.5, 0.6) is 0 Å². The quantitative estimate of drug-likeness (QED) is 0.230. The van der Waals surface area contributed by atoms with E-state index in [-0.39, 0.29) is 36.5 Å². The van der Waals surface area contributed by atoms with E-state index in [1.54, 1.807) is 17.9 Å². The van der Waals surface area contributed by atoms with Gasteiger partial charge in [0, 0.05) is 29.9 Å². The minimum Gasteiger partial charge on any atom is -0.389 e. The maximum absolute atomic E-state index is 13.2. The van der Waals surface area contributed by atoms with Gasteiger partial charge in [-0.2, -0.15) is 0 Å². The van der Waals surface area contributed by atoms with Crippen LogP contribution in [0.15, 0.2) is 66.7 Å². The van der Waals surface area contributed by atoms with Gasteiger partial charge in [0.25, 0.3) is 5.91 Å². The molecule has 0 aliphatic carbocycles. The summed E-state index contributed by atoms with van der Waals surface area (Å²) in [5.74, 6) is -0.298. The molecule has 3 aromatic rings. The lowest BCUT2D eigenvalue weighted by molar-refractivity contribution is -0.123. The standard InChI is InChI=1S/C34H47N5O4/c1-23(2)18-19-39(33(43)38-34(4,5)6)22-30(40)29(21-25-12-8-7-9-13-25)37-31(41)20-24(3)35-32(42)28-17-16-26-14-10-11-15-27(26)36-28/h7-17,23-24,29-30,40H,18-22H2,1-6H3,(H,35,42)(H,37,41)(H,38,43)/t24?,29-,30?/m0/s1. The van der Waals surface area contributed by atoms with E-state index in [0.717, 1.165) is 22.9 Å². The van der Waals surface area contributed by atoms with Gasteiger partial charge in [-0.15, -0.1) is 0 Å². The second kappa shape index (κ2) is 15.5. The Morgan fingerprint density at radius 1 is 0.907 bits per heavy atom. The smallest absolute Gasteiger partial charge is 0.317 e. The van der Waals surface area contributed by atoms with Crippen molar-refractivity contribution in [1.82, 2.24) is 25.8 Å². The van der Waals surface area contributed by atoms with Crippen LogP contribution in [-0.4, -0.2) is 69.7 Å². The van der Waals surface area contributed by atoms with Gasteiger partial charge in [0.1, 0.15) is 5.69 Å². The predicted molar refractivity (Wildman–Crippen MR) is 171 cm³/mol. The van der Waals surface area contributed by atoms with Crippen molar-refractivity contribution in [3.63, 3.8) is 0 Å². The Morgan fingerprint density at radius 3 is 2.26 bits per heavy atom. The third kappa shape index (κ3) is 11.3. The maximum atomic E-state index is 13.2. The molecule has 232 valence electrons. The van der Waals surface area contributed by atoms with Crippen LogP contribution in [0.3, 0.4) is 0 Å². The van der Waals surface area contributed by atoms with Gasteiger partial charge in [-0.3, -0.25) is 9.59 Å². The summed E-state index contributed by atoms with van der Waals surface area (Å²) in [4.78, 5) is 45.2. The molecule has 0 saturated carbocycles. The van der Waals surface area contributed by atoms with Gasteiger partial charge < -0.3 is 26.0 Å². The highest BCUT2D eigenvalue weighted by atomic mass is 16.3. The number of nitrogens with one attached hydrogen (secondary N) is 3. The lowest BCUT2D eigenvalue weighted by Crippen LogP contribution is -2.55. The molecule has 9 nitrogen and oxygen atoms in total. The normalized spacial score (nSPS) is 13.7. The first-order chi connectivity index (χ1) is 20.3. The molecule has 1 aromatic heterocycles. The van der Waals surface area contributed by atoms with Crippen LogP contribution < -0.4 is 16.0 Å². The molecule has 3 atom stereocenters. The van der Waals surface area contributed by atoms with Crippen LogP contribution in [0.25, 0.3) is 10.9 Å². The van der Waals surface area contributed by atoms with Crippen molar-refractivity contribution in [2.24, 2.45) is 5.92 Å². The summed E-state index contributed by atoms with van der Waals surface area (Å²) in [5, 5.41) is 21.2. The molecule has 43 heavy (non-hydrogen) atoms. The molecule has 0 aliphatic heterocycles. The van der Waals surface area contributed by atoms with E-state index < -0.39 is 23.7 Å². The molecule has 0 radical (unpaired) electrons. The van der Waals surface area contributed by atoms with E-state index in [1.165, 1.54) is 0 Å². The number of aliphatic hydroxyl groups is 1. The number of benzene rings is 2. The van der Waals surface area contributed by atoms with Crippen molar-refractivity contribution in [3.8, 4) is 0 Å². The van der Waals surface area contributed by atoms with E-state index in [0.29, 0.717) is 18.9 Å². The molecule has 9 heteroatoms. The van der Waals surface area contributed by atoms with Gasteiger partial charge in [0.2, 0.25) is 5.91 Å². The molecule has 4 N–H and O–H groups in total. The lowest BCUT2D eigenvalue weighted by atomic mass is 10.00. The molecule has 0 fully saturated rings. The number of aromatic nitrogens is 1. The number of hydrogen-bond donors (Lipinski definition) is 4. The van der Waals surface area contributed by atoms with Crippen LogP contribution in [0.1, 0.15) is 70.4 Å². The Kier molecular flexibility index (Phi) is 12.1. The first-order valence-corrected chi connectivity index (χ1v) is 15.1. The number of carbonyl (C=O) groups excluding carboxylic acids is 3. The summed E-state index contributed by atoms with van der Waals surface area (Å²) in [7, 11) is 0. The van der Waals surface area contributed by atoms with Gasteiger partial charge in [-0.1, -0.05) is 68.4 Å². The number of rotatable bonds is 13. The minimum atomic E-state index is -1.02. The molecule has 1 heterocycles. The van der Waals surface area contributed by atoms with E-state index in [4.69, 9.17) is 0 Å². The number of hydrogen-bond acceptors (Lipinski definition) is 5. The maximum Gasteiger partial charge on any atom is 0.317 e. The fourth-order valence-electron chi connectivity index (χ4n) is 4.68. The number of pyridine rings is 1. The molecule has 3 rings (SSSR count). The van der Waals surface area contributed by atoms with Crippen LogP contribution >= 0.6 is 0 Å². The Morgan fingerprint density at radius 2 is 1.58 bits per heavy atom. The number of para-hydroxylation sites is 1. The summed E-state index contributed by atoms with van der Waals surface area (Å²) >= 11 is 0. The van der Waals surface area contributed by atoms with E-state index in [1.807, 2.05) is 81.4 Å². The predicted octanol–water partition coefficient (Wildman–Crippen LogP) is 4.69. The second-order valence-electron chi connectivity index (χ2n) is 12.7. The summed E-state index contributed by atoms with van der Waals surface area (Å²) in [6.45, 7) is 12.2. The summed E-state index contributed by atoms with van der Waals surface area (Å²) in [6, 6.07) is 19.3. The van der Waals surface area contributed by atoms with Gasteiger partial charge in [0.15, 0.2) is 0 Å². The van der Waals surface area contributed by atoms with Crippen molar-refractivity contribution in [3.05, 3.63) is 78.0 Å². The van der Waals surface area contributed by atoms with Crippen LogP contribution in [-0.2, 0) is 11.2 Å². The Hall–Kier alpha value is -3.98. The summed E-state index contributed by atoms with van der Waals surface area (Å²) in [5.41, 5.74) is 1.51. The molecule has 2 unspecified atom stereocenters. The number of urea groups is 1. The van der Waals surface area contributed by atoms with E-state index in [2.05, 4.69) is 34.8 Å². The van der Waals surface area contributed by atoms with Crippen LogP contribution in [0.4, 0.5) is 4.79 Å². The van der Waals surface area contributed by atoms with Crippen molar-refractivity contribution >= 4 is 28.7 Å². The highest BCUT2D eigenvalue weighted by Crippen LogP contribution is 2.14. The highest BCUT2D eigenvalue weighted by Gasteiger charge is 2.28. The molecule has 0 saturated heterocycles. The molecule has 0 bridgehead atoms. The van der Waals surface area contributed by atoms with Gasteiger partial charge in [-0.05, 0) is 64.2 Å². The van der Waals surface area contributed by atoms with Gasteiger partial charge >= 0.3 is 6.03 Å². The first kappa shape index (κ1) is 33.5. The third-order valence-electron chi connectivity index (χ3n) is 6.96. The molecule has 2 aromatic carbocycles. The van der Waals surface area contributed by atoms with Crippen molar-refractivity contribution < 1.29 is 19.5 Å². The number of nitrogens with zero attached hydrogens (tertiary/aromatic N) is 2. The minimum absolute atomic E-state index is 0.0128. The molecular weight excluding hydrogens is 542 g/mol. The SMILES string of the molecule is CC(C)CCN(CC(O)[C@H](Cc1ccccc1)NC(=O)CC(C)NC(=O)c1ccc2ccccc2n1)C(=O)NC(C)(C)C. The molecular formula is C34H47N5O4. The zero-order valence-corrected chi connectivity index (χ0v) is 26.3. The zero-order valence-electron chi connectivity index (χ0n) is 26.3. The molecule has 4 amide bonds. The van der Waals surface area contributed by atoms with Crippen molar-refractivity contribution in [1.29, 1.82) is 0 Å². The third-order valence-corrected chi connectivity index (χ3v) is 6.96. The van der Waals surface area contributed by atoms with Gasteiger partial charge in [-0.25, -0.2) is 9.78 Å². The average molecular weight is 590 g/mol. The molecule has 0 spiro atoms. The number of fused-ring (bicyclic) bond motifs is 1. The zero-order chi connectivity index (χ0) is 31.6. The summed E-state index contributed by atoms with van der Waals surface area (Å²) < 4.78 is 0. The van der Waals surface area contributed by atoms with Crippen LogP contribution in [0.2, 0.25) is 0 Å². The fraction of sp³-hybridized carbons (Fsp3) is 0.471. The lowest BCUT2D eigenvalue weighted by Gasteiger charge is -2.33. The van der Waals surface area contributed by atoms with E-state index >= 15 is 0 Å². The largest absolute Gasteiger partial charge is 0.389 e. The number of amides is 4. The Labute approximate surface area is 255 Å². The second-order valence-corrected chi connectivity index (χ2v) is 12.7. The number of aliphatic hydroxyl groups excluding tert-OH is 1. The van der Waals surface area contributed by atoms with Crippen molar-refractivity contribution in [2.75, 3.05) is 13.1 Å². The summed E-state index contributed by atoms with van der Waals surface area (Å²) in [6.07, 6.45) is 0.157. The van der Waals surface area contributed by atoms with Crippen molar-refractivity contribution in [2.45, 2.75) is 84.5 Å². The monoisotopic (exact) mass is 589 g/mol. The topological polar surface area (TPSA) is 124 Å². The molecule has 0 aliphatic rings. The van der Waals surface area contributed by atoms with E-state index in [9.17, 15) is 19.5 Å². The Bertz CT molecular complexity index is 1360. The Balaban J connectivity index is 1.68.